The Labute approximate surface area is 219 Å². The molecule has 1 heterocycles. The number of hydrogen-bond acceptors (Lipinski definition) is 4. The average molecular weight is 515 g/mol. The normalized spacial score (nSPS) is 20.6. The van der Waals surface area contributed by atoms with E-state index in [1.165, 1.54) is 12.8 Å². The highest BCUT2D eigenvalue weighted by molar-refractivity contribution is 6.33. The van der Waals surface area contributed by atoms with Crippen molar-refractivity contribution >= 4 is 29.2 Å². The molecule has 2 saturated carbocycles. The summed E-state index contributed by atoms with van der Waals surface area (Å²) in [6, 6.07) is 5.49. The summed E-state index contributed by atoms with van der Waals surface area (Å²) in [6.45, 7) is 8.87. The molecule has 2 aromatic rings. The number of nitrogens with zero attached hydrogens (tertiary/aromatic N) is 1. The minimum atomic E-state index is -0.876. The van der Waals surface area contributed by atoms with E-state index in [0.29, 0.717) is 40.3 Å². The number of nitrogens with one attached hydrogen (secondary N) is 1. The van der Waals surface area contributed by atoms with Gasteiger partial charge in [-0.3, -0.25) is 9.59 Å². The number of benzene rings is 1. The van der Waals surface area contributed by atoms with E-state index in [4.69, 9.17) is 16.1 Å². The van der Waals surface area contributed by atoms with E-state index in [2.05, 4.69) is 31.2 Å². The van der Waals surface area contributed by atoms with Crippen molar-refractivity contribution in [3.05, 3.63) is 45.8 Å². The van der Waals surface area contributed by atoms with Crippen molar-refractivity contribution in [2.45, 2.75) is 103 Å². The molecule has 2 aliphatic rings. The standard InChI is InChI=1S/C29H39ClN2O4/c1-5-29(3,4)16-18-13-21(14-18)28-26(19-7-8-19)27(32-36-28)20(9-11-25(34)35)15-24(33)31-23-10-6-17(2)12-22(23)30/h6,10,12,18-21H,5,7-9,11,13-16H2,1-4H3,(H,31,33)(H,34,35). The summed E-state index contributed by atoms with van der Waals surface area (Å²) >= 11 is 6.31. The smallest absolute Gasteiger partial charge is 0.303 e. The number of carbonyl (C=O) groups is 2. The molecule has 1 unspecified atom stereocenters. The van der Waals surface area contributed by atoms with Crippen LogP contribution >= 0.6 is 11.6 Å². The summed E-state index contributed by atoms with van der Waals surface area (Å²) in [5.41, 5.74) is 3.87. The van der Waals surface area contributed by atoms with Crippen LogP contribution in [0.4, 0.5) is 5.69 Å². The van der Waals surface area contributed by atoms with E-state index in [-0.39, 0.29) is 24.7 Å². The Bertz CT molecular complexity index is 1100. The van der Waals surface area contributed by atoms with Crippen LogP contribution in [0, 0.1) is 18.3 Å². The van der Waals surface area contributed by atoms with Crippen molar-refractivity contribution in [1.29, 1.82) is 0 Å². The van der Waals surface area contributed by atoms with Gasteiger partial charge in [0, 0.05) is 30.2 Å². The zero-order valence-corrected chi connectivity index (χ0v) is 22.7. The highest BCUT2D eigenvalue weighted by Crippen LogP contribution is 2.53. The molecule has 6 nitrogen and oxygen atoms in total. The molecule has 2 aliphatic carbocycles. The Hall–Kier alpha value is -2.34. The van der Waals surface area contributed by atoms with Gasteiger partial charge in [0.05, 0.1) is 16.4 Å². The Balaban J connectivity index is 1.50. The molecule has 0 radical (unpaired) electrons. The molecule has 0 aliphatic heterocycles. The SMILES string of the molecule is CCC(C)(C)CC1CC(c2onc(C(CCC(=O)O)CC(=O)Nc3ccc(C)cc3Cl)c2C2CC2)C1. The van der Waals surface area contributed by atoms with Gasteiger partial charge < -0.3 is 14.9 Å². The van der Waals surface area contributed by atoms with E-state index in [0.717, 1.165) is 48.3 Å². The van der Waals surface area contributed by atoms with Gasteiger partial charge in [-0.25, -0.2) is 0 Å². The predicted molar refractivity (Wildman–Crippen MR) is 142 cm³/mol. The van der Waals surface area contributed by atoms with Crippen molar-refractivity contribution in [2.75, 3.05) is 5.32 Å². The first-order chi connectivity index (χ1) is 17.1. The van der Waals surface area contributed by atoms with Gasteiger partial charge in [-0.1, -0.05) is 50.0 Å². The van der Waals surface area contributed by atoms with E-state index in [1.807, 2.05) is 19.1 Å². The second-order valence-electron chi connectivity index (χ2n) is 11.7. The Kier molecular flexibility index (Phi) is 8.13. The van der Waals surface area contributed by atoms with Gasteiger partial charge >= 0.3 is 5.97 Å². The van der Waals surface area contributed by atoms with E-state index < -0.39 is 5.97 Å². The third-order valence-electron chi connectivity index (χ3n) is 8.10. The molecule has 196 valence electrons. The van der Waals surface area contributed by atoms with E-state index in [9.17, 15) is 14.7 Å². The van der Waals surface area contributed by atoms with Crippen molar-refractivity contribution in [3.8, 4) is 0 Å². The molecule has 4 rings (SSSR count). The molecule has 7 heteroatoms. The Morgan fingerprint density at radius 3 is 2.58 bits per heavy atom. The van der Waals surface area contributed by atoms with Crippen LogP contribution in [-0.4, -0.2) is 22.1 Å². The number of aliphatic carboxylic acids is 1. The van der Waals surface area contributed by atoms with Gasteiger partial charge in [-0.2, -0.15) is 0 Å². The summed E-state index contributed by atoms with van der Waals surface area (Å²) in [6.07, 6.45) is 7.28. The Morgan fingerprint density at radius 2 is 1.97 bits per heavy atom. The number of aromatic nitrogens is 1. The first kappa shape index (κ1) is 26.7. The second kappa shape index (κ2) is 11.0. The minimum absolute atomic E-state index is 0.0207. The van der Waals surface area contributed by atoms with Crippen molar-refractivity contribution in [2.24, 2.45) is 11.3 Å². The maximum atomic E-state index is 13.0. The second-order valence-corrected chi connectivity index (χ2v) is 12.1. The zero-order chi connectivity index (χ0) is 26.0. The number of carbonyl (C=O) groups excluding carboxylic acids is 1. The quantitative estimate of drug-likeness (QED) is 0.301. The van der Waals surface area contributed by atoms with Crippen molar-refractivity contribution in [3.63, 3.8) is 0 Å². The number of amides is 1. The summed E-state index contributed by atoms with van der Waals surface area (Å²) in [5, 5.41) is 17.2. The molecule has 2 N–H and O–H groups in total. The fourth-order valence-electron chi connectivity index (χ4n) is 5.52. The van der Waals surface area contributed by atoms with Crippen LogP contribution in [0.5, 0.6) is 0 Å². The topological polar surface area (TPSA) is 92.4 Å². The maximum Gasteiger partial charge on any atom is 0.303 e. The molecule has 0 saturated heterocycles. The van der Waals surface area contributed by atoms with E-state index >= 15 is 0 Å². The molecule has 1 atom stereocenters. The van der Waals surface area contributed by atoms with Crippen LogP contribution in [-0.2, 0) is 9.59 Å². The molecular weight excluding hydrogens is 476 g/mol. The van der Waals surface area contributed by atoms with Gasteiger partial charge in [0.25, 0.3) is 0 Å². The lowest BCUT2D eigenvalue weighted by Gasteiger charge is -2.39. The number of anilines is 1. The zero-order valence-electron chi connectivity index (χ0n) is 21.9. The fraction of sp³-hybridized carbons (Fsp3) is 0.621. The summed E-state index contributed by atoms with van der Waals surface area (Å²) in [7, 11) is 0. The van der Waals surface area contributed by atoms with E-state index in [1.54, 1.807) is 6.07 Å². The Morgan fingerprint density at radius 1 is 1.25 bits per heavy atom. The van der Waals surface area contributed by atoms with Gasteiger partial charge in [0.15, 0.2) is 0 Å². The van der Waals surface area contributed by atoms with Crippen LogP contribution in [0.3, 0.4) is 0 Å². The molecule has 1 aromatic heterocycles. The average Bonchev–Trinajstić information content (AvgIpc) is 3.54. The molecule has 0 bridgehead atoms. The minimum Gasteiger partial charge on any atom is -0.481 e. The lowest BCUT2D eigenvalue weighted by Crippen LogP contribution is -2.27. The van der Waals surface area contributed by atoms with Crippen LogP contribution in [0.25, 0.3) is 0 Å². The van der Waals surface area contributed by atoms with Crippen LogP contribution in [0.15, 0.2) is 22.7 Å². The van der Waals surface area contributed by atoms with Crippen LogP contribution < -0.4 is 5.32 Å². The number of aryl methyl sites for hydroxylation is 1. The van der Waals surface area contributed by atoms with Gasteiger partial charge in [-0.05, 0) is 80.4 Å². The van der Waals surface area contributed by atoms with Gasteiger partial charge in [0.1, 0.15) is 5.76 Å². The summed E-state index contributed by atoms with van der Waals surface area (Å²) < 4.78 is 5.98. The van der Waals surface area contributed by atoms with Crippen molar-refractivity contribution < 1.29 is 19.2 Å². The highest BCUT2D eigenvalue weighted by atomic mass is 35.5. The van der Waals surface area contributed by atoms with Crippen molar-refractivity contribution in [1.82, 2.24) is 5.16 Å². The monoisotopic (exact) mass is 514 g/mol. The highest BCUT2D eigenvalue weighted by Gasteiger charge is 2.42. The number of halogens is 1. The van der Waals surface area contributed by atoms with Crippen LogP contribution in [0.1, 0.15) is 119 Å². The summed E-state index contributed by atoms with van der Waals surface area (Å²) in [4.78, 5) is 24.4. The first-order valence-electron chi connectivity index (χ1n) is 13.3. The van der Waals surface area contributed by atoms with Gasteiger partial charge in [-0.15, -0.1) is 0 Å². The van der Waals surface area contributed by atoms with Crippen LogP contribution in [0.2, 0.25) is 5.02 Å². The predicted octanol–water partition coefficient (Wildman–Crippen LogP) is 7.81. The molecule has 2 fully saturated rings. The number of carboxylic acid groups (broad SMARTS) is 1. The number of carboxylic acids is 1. The lowest BCUT2D eigenvalue weighted by atomic mass is 9.66. The molecule has 1 aromatic carbocycles. The molecule has 0 spiro atoms. The maximum absolute atomic E-state index is 13.0. The largest absolute Gasteiger partial charge is 0.481 e. The number of rotatable bonds is 12. The molecule has 1 amide bonds. The van der Waals surface area contributed by atoms with Gasteiger partial charge in [0.2, 0.25) is 5.91 Å². The fourth-order valence-corrected chi connectivity index (χ4v) is 5.80. The molecule has 36 heavy (non-hydrogen) atoms. The lowest BCUT2D eigenvalue weighted by molar-refractivity contribution is -0.137. The summed E-state index contributed by atoms with van der Waals surface area (Å²) in [5.74, 6) is 1.09. The molecular formula is C29H39ClN2O4. The third kappa shape index (κ3) is 6.50. The number of hydrogen-bond donors (Lipinski definition) is 2. The first-order valence-corrected chi connectivity index (χ1v) is 13.7. The third-order valence-corrected chi connectivity index (χ3v) is 8.41.